The molecule has 1 aromatic rings. The van der Waals surface area contributed by atoms with Crippen molar-refractivity contribution in [1.82, 2.24) is 0 Å². The van der Waals surface area contributed by atoms with E-state index in [-0.39, 0.29) is 6.07 Å². The molecular formula is C16H14F6N2O2S. The molecule has 0 aliphatic carbocycles. The van der Waals surface area contributed by atoms with E-state index in [0.29, 0.717) is 12.1 Å². The van der Waals surface area contributed by atoms with Crippen LogP contribution in [0.4, 0.5) is 32.0 Å². The highest BCUT2D eigenvalue weighted by Crippen LogP contribution is 2.37. The zero-order chi connectivity index (χ0) is 21.2. The van der Waals surface area contributed by atoms with E-state index >= 15 is 0 Å². The SMILES string of the molecule is CC(C)(C)OC(=O)C(C#N)C(=S)Nc1cc(C(F)(F)F)cc(C(F)(F)F)c1. The lowest BCUT2D eigenvalue weighted by Gasteiger charge is -2.22. The maximum Gasteiger partial charge on any atom is 0.416 e. The molecule has 0 aliphatic rings. The third kappa shape index (κ3) is 6.71. The lowest BCUT2D eigenvalue weighted by atomic mass is 10.1. The predicted molar refractivity (Wildman–Crippen MR) is 87.6 cm³/mol. The van der Waals surface area contributed by atoms with Gasteiger partial charge in [0.1, 0.15) is 10.6 Å². The monoisotopic (exact) mass is 412 g/mol. The molecule has 0 bridgehead atoms. The number of esters is 1. The Labute approximate surface area is 156 Å². The summed E-state index contributed by atoms with van der Waals surface area (Å²) in [5.74, 6) is -2.78. The molecule has 148 valence electrons. The van der Waals surface area contributed by atoms with Gasteiger partial charge < -0.3 is 10.1 Å². The number of ether oxygens (including phenoxy) is 1. The number of carbonyl (C=O) groups is 1. The number of hydrogen-bond acceptors (Lipinski definition) is 4. The number of hydrogen-bond donors (Lipinski definition) is 1. The first-order chi connectivity index (χ1) is 12.0. The number of carbonyl (C=O) groups excluding carboxylic acids is 1. The molecule has 0 aromatic heterocycles. The zero-order valence-corrected chi connectivity index (χ0v) is 15.1. The van der Waals surface area contributed by atoms with Gasteiger partial charge in [-0.3, -0.25) is 4.79 Å². The Morgan fingerprint density at radius 3 is 1.85 bits per heavy atom. The quantitative estimate of drug-likeness (QED) is 0.433. The largest absolute Gasteiger partial charge is 0.459 e. The predicted octanol–water partition coefficient (Wildman–Crippen LogP) is 4.94. The molecule has 0 heterocycles. The van der Waals surface area contributed by atoms with Gasteiger partial charge in [0.15, 0.2) is 5.92 Å². The Morgan fingerprint density at radius 2 is 1.52 bits per heavy atom. The van der Waals surface area contributed by atoms with Gasteiger partial charge in [0.25, 0.3) is 0 Å². The van der Waals surface area contributed by atoms with Crippen LogP contribution in [0.5, 0.6) is 0 Å². The molecule has 4 nitrogen and oxygen atoms in total. The molecule has 1 rings (SSSR count). The van der Waals surface area contributed by atoms with Gasteiger partial charge in [0, 0.05) is 5.69 Å². The molecule has 0 amide bonds. The number of halogens is 6. The van der Waals surface area contributed by atoms with Crippen molar-refractivity contribution in [2.24, 2.45) is 5.92 Å². The van der Waals surface area contributed by atoms with E-state index < -0.39 is 51.6 Å². The van der Waals surface area contributed by atoms with Crippen molar-refractivity contribution in [3.63, 3.8) is 0 Å². The van der Waals surface area contributed by atoms with Crippen molar-refractivity contribution >= 4 is 28.9 Å². The fraction of sp³-hybridized carbons (Fsp3) is 0.438. The van der Waals surface area contributed by atoms with Crippen molar-refractivity contribution in [2.75, 3.05) is 5.32 Å². The molecule has 1 N–H and O–H groups in total. The zero-order valence-electron chi connectivity index (χ0n) is 14.2. The molecule has 27 heavy (non-hydrogen) atoms. The minimum absolute atomic E-state index is 0.0517. The Kier molecular flexibility index (Phi) is 6.49. The summed E-state index contributed by atoms with van der Waals surface area (Å²) in [6, 6.07) is 2.25. The van der Waals surface area contributed by atoms with Crippen molar-refractivity contribution < 1.29 is 35.9 Å². The Bertz CT molecular complexity index is 743. The summed E-state index contributed by atoms with van der Waals surface area (Å²) in [6.07, 6.45) is -10.1. The standard InChI is InChI=1S/C16H14F6N2O2S/c1-14(2,3)26-13(25)11(7-23)12(27)24-10-5-8(15(17,18)19)4-9(6-10)16(20,21)22/h4-6,11H,1-3H3,(H,24,27). The van der Waals surface area contributed by atoms with E-state index in [4.69, 9.17) is 22.2 Å². The van der Waals surface area contributed by atoms with Gasteiger partial charge in [0.05, 0.1) is 17.2 Å². The number of nitrogens with zero attached hydrogens (tertiary/aromatic N) is 1. The highest BCUT2D eigenvalue weighted by Gasteiger charge is 2.37. The third-order valence-corrected chi connectivity index (χ3v) is 3.23. The summed E-state index contributed by atoms with van der Waals surface area (Å²) in [5.41, 5.74) is -4.76. The van der Waals surface area contributed by atoms with Crippen LogP contribution in [-0.4, -0.2) is 16.6 Å². The van der Waals surface area contributed by atoms with Crippen molar-refractivity contribution in [2.45, 2.75) is 38.7 Å². The highest BCUT2D eigenvalue weighted by atomic mass is 32.1. The van der Waals surface area contributed by atoms with E-state index in [1.54, 1.807) is 0 Å². The van der Waals surface area contributed by atoms with E-state index in [0.717, 1.165) is 0 Å². The van der Waals surface area contributed by atoms with Gasteiger partial charge in [-0.2, -0.15) is 31.6 Å². The van der Waals surface area contributed by atoms with E-state index in [1.165, 1.54) is 26.8 Å². The number of benzene rings is 1. The van der Waals surface area contributed by atoms with Crippen molar-refractivity contribution in [3.05, 3.63) is 29.3 Å². The van der Waals surface area contributed by atoms with Crippen LogP contribution in [0.2, 0.25) is 0 Å². The van der Waals surface area contributed by atoms with Crippen LogP contribution in [0.15, 0.2) is 18.2 Å². The van der Waals surface area contributed by atoms with Crippen molar-refractivity contribution in [1.29, 1.82) is 5.26 Å². The van der Waals surface area contributed by atoms with Crippen LogP contribution in [0.1, 0.15) is 31.9 Å². The average Bonchev–Trinajstić information content (AvgIpc) is 2.43. The first kappa shape index (κ1) is 22.7. The van der Waals surface area contributed by atoms with Gasteiger partial charge in [-0.1, -0.05) is 12.2 Å². The maximum absolute atomic E-state index is 12.9. The molecule has 11 heteroatoms. The normalized spacial score (nSPS) is 13.5. The molecule has 0 radical (unpaired) electrons. The fourth-order valence-electron chi connectivity index (χ4n) is 1.82. The molecule has 0 fully saturated rings. The summed E-state index contributed by atoms with van der Waals surface area (Å²) in [6.45, 7) is 4.54. The van der Waals surface area contributed by atoms with E-state index in [9.17, 15) is 31.1 Å². The first-order valence-electron chi connectivity index (χ1n) is 7.27. The van der Waals surface area contributed by atoms with Crippen LogP contribution in [0, 0.1) is 17.2 Å². The second-order valence-corrected chi connectivity index (χ2v) is 6.82. The summed E-state index contributed by atoms with van der Waals surface area (Å²) < 4.78 is 82.1. The highest BCUT2D eigenvalue weighted by molar-refractivity contribution is 7.80. The summed E-state index contributed by atoms with van der Waals surface area (Å²) >= 11 is 4.80. The minimum Gasteiger partial charge on any atom is -0.459 e. The van der Waals surface area contributed by atoms with Gasteiger partial charge in [-0.25, -0.2) is 0 Å². The first-order valence-corrected chi connectivity index (χ1v) is 7.68. The number of thiocarbonyl (C=S) groups is 1. The minimum atomic E-state index is -5.04. The van der Waals surface area contributed by atoms with E-state index in [1.807, 2.05) is 0 Å². The summed E-state index contributed by atoms with van der Waals surface area (Å²) in [7, 11) is 0. The van der Waals surface area contributed by atoms with Gasteiger partial charge in [-0.15, -0.1) is 0 Å². The number of anilines is 1. The molecular weight excluding hydrogens is 398 g/mol. The Morgan fingerprint density at radius 1 is 1.07 bits per heavy atom. The van der Waals surface area contributed by atoms with Crippen LogP contribution >= 0.6 is 12.2 Å². The number of rotatable bonds is 3. The maximum atomic E-state index is 12.9. The van der Waals surface area contributed by atoms with Gasteiger partial charge in [-0.05, 0) is 39.0 Å². The van der Waals surface area contributed by atoms with Crippen molar-refractivity contribution in [3.8, 4) is 6.07 Å². The summed E-state index contributed by atoms with van der Waals surface area (Å²) in [4.78, 5) is 11.4. The topological polar surface area (TPSA) is 62.1 Å². The number of nitriles is 1. The smallest absolute Gasteiger partial charge is 0.416 e. The third-order valence-electron chi connectivity index (χ3n) is 2.89. The van der Waals surface area contributed by atoms with Gasteiger partial charge in [0.2, 0.25) is 0 Å². The van der Waals surface area contributed by atoms with Crippen LogP contribution in [0.25, 0.3) is 0 Å². The van der Waals surface area contributed by atoms with Gasteiger partial charge >= 0.3 is 18.3 Å². The number of nitrogens with one attached hydrogen (secondary N) is 1. The molecule has 1 unspecified atom stereocenters. The lowest BCUT2D eigenvalue weighted by molar-refractivity contribution is -0.155. The average molecular weight is 412 g/mol. The van der Waals surface area contributed by atoms with Crippen LogP contribution in [-0.2, 0) is 21.9 Å². The molecule has 0 spiro atoms. The Hall–Kier alpha value is -2.35. The Balaban J connectivity index is 3.21. The summed E-state index contributed by atoms with van der Waals surface area (Å²) in [5, 5.41) is 11.2. The lowest BCUT2D eigenvalue weighted by Crippen LogP contribution is -2.34. The van der Waals surface area contributed by atoms with Crippen LogP contribution < -0.4 is 5.32 Å². The molecule has 0 saturated carbocycles. The number of alkyl halides is 6. The molecule has 1 atom stereocenters. The molecule has 1 aromatic carbocycles. The second kappa shape index (κ2) is 7.72. The van der Waals surface area contributed by atoms with Crippen LogP contribution in [0.3, 0.4) is 0 Å². The van der Waals surface area contributed by atoms with E-state index in [2.05, 4.69) is 5.32 Å². The molecule has 0 saturated heterocycles. The molecule has 0 aliphatic heterocycles. The fourth-order valence-corrected chi connectivity index (χ4v) is 2.09. The second-order valence-electron chi connectivity index (χ2n) is 6.38.